The first-order valence-corrected chi connectivity index (χ1v) is 11.4. The van der Waals surface area contributed by atoms with Crippen LogP contribution in [0, 0.1) is 13.8 Å². The molecule has 0 saturated heterocycles. The number of anilines is 2. The van der Waals surface area contributed by atoms with E-state index in [-0.39, 0.29) is 11.1 Å². The van der Waals surface area contributed by atoms with Crippen molar-refractivity contribution in [3.05, 3.63) is 95.1 Å². The Bertz CT molecular complexity index is 1270. The van der Waals surface area contributed by atoms with Crippen LogP contribution in [0.2, 0.25) is 0 Å². The van der Waals surface area contributed by atoms with Gasteiger partial charge in [0, 0.05) is 25.5 Å². The second kappa shape index (κ2) is 11.9. The third-order valence-electron chi connectivity index (χ3n) is 5.47. The number of carboxylic acid groups (broad SMARTS) is 1. The van der Waals surface area contributed by atoms with E-state index in [0.717, 1.165) is 16.8 Å². The third kappa shape index (κ3) is 7.17. The van der Waals surface area contributed by atoms with Crippen LogP contribution in [0.4, 0.5) is 11.4 Å². The van der Waals surface area contributed by atoms with Crippen molar-refractivity contribution in [2.75, 3.05) is 24.3 Å². The molecule has 3 aromatic rings. The number of ether oxygens (including phenoxy) is 2. The summed E-state index contributed by atoms with van der Waals surface area (Å²) < 4.78 is 10.5. The Labute approximate surface area is 214 Å². The average molecular weight is 505 g/mol. The number of hydrogen-bond donors (Lipinski definition) is 2. The van der Waals surface area contributed by atoms with Crippen molar-refractivity contribution in [2.45, 2.75) is 26.1 Å². The Balaban J connectivity index is 1.89. The molecule has 1 amide bonds. The molecule has 0 heterocycles. The van der Waals surface area contributed by atoms with E-state index in [1.165, 1.54) is 24.3 Å². The second-order valence-electron chi connectivity index (χ2n) is 8.65. The van der Waals surface area contributed by atoms with Crippen molar-refractivity contribution in [2.24, 2.45) is 0 Å². The number of nitrogens with one attached hydrogen (secondary N) is 1. The van der Waals surface area contributed by atoms with Crippen LogP contribution in [0.3, 0.4) is 0 Å². The maximum Gasteiger partial charge on any atom is 0.349 e. The van der Waals surface area contributed by atoms with Crippen molar-refractivity contribution in [3.8, 4) is 0 Å². The molecule has 9 nitrogen and oxygen atoms in total. The van der Waals surface area contributed by atoms with Gasteiger partial charge in [0.1, 0.15) is 0 Å². The number of amides is 1. The fraction of sp³-hybridized carbons (Fsp3) is 0.214. The number of benzene rings is 3. The predicted molar refractivity (Wildman–Crippen MR) is 138 cm³/mol. The van der Waals surface area contributed by atoms with E-state index in [9.17, 15) is 24.3 Å². The van der Waals surface area contributed by atoms with Gasteiger partial charge < -0.3 is 24.8 Å². The highest BCUT2D eigenvalue weighted by Crippen LogP contribution is 2.19. The Morgan fingerprint density at radius 1 is 0.703 bits per heavy atom. The zero-order valence-corrected chi connectivity index (χ0v) is 20.9. The van der Waals surface area contributed by atoms with E-state index in [1.54, 1.807) is 48.5 Å². The highest BCUT2D eigenvalue weighted by Gasteiger charge is 2.41. The van der Waals surface area contributed by atoms with Crippen LogP contribution in [0.15, 0.2) is 72.8 Å². The minimum absolute atomic E-state index is 0.0835. The van der Waals surface area contributed by atoms with Crippen molar-refractivity contribution < 1.29 is 33.8 Å². The smallest absolute Gasteiger partial charge is 0.349 e. The lowest BCUT2D eigenvalue weighted by atomic mass is 10.1. The maximum atomic E-state index is 13.2. The largest absolute Gasteiger partial charge is 0.478 e. The summed E-state index contributed by atoms with van der Waals surface area (Å²) in [5.41, 5.74) is 3.17. The standard InChI is InChI=1S/C28H28N2O7/c1-17-5-9-19(10-6-17)27(34)36-23(25(31)29-21-13-15-22(16-14-21)30(3)4)24(26(32)33)37-28(35)20-11-7-18(2)8-12-20/h5-16,23-24H,1-4H3,(H,29,31)(H,32,33)/t23-,24-/m1/s1. The Morgan fingerprint density at radius 2 is 1.14 bits per heavy atom. The van der Waals surface area contributed by atoms with Crippen LogP contribution < -0.4 is 10.2 Å². The van der Waals surface area contributed by atoms with E-state index in [1.807, 2.05) is 32.8 Å². The van der Waals surface area contributed by atoms with E-state index in [4.69, 9.17) is 9.47 Å². The van der Waals surface area contributed by atoms with Crippen molar-refractivity contribution in [1.82, 2.24) is 0 Å². The van der Waals surface area contributed by atoms with Gasteiger partial charge in [-0.25, -0.2) is 14.4 Å². The lowest BCUT2D eigenvalue weighted by Gasteiger charge is -2.24. The summed E-state index contributed by atoms with van der Waals surface area (Å²) in [6, 6.07) is 19.3. The number of hydrogen-bond acceptors (Lipinski definition) is 7. The minimum Gasteiger partial charge on any atom is -0.478 e. The SMILES string of the molecule is Cc1ccc(C(=O)O[C@@H](C(=O)O)[C@@H](OC(=O)c2ccc(C)cc2)C(=O)Nc2ccc(N(C)C)cc2)cc1. The topological polar surface area (TPSA) is 122 Å². The molecule has 0 aliphatic carbocycles. The molecule has 192 valence electrons. The number of carbonyl (C=O) groups is 4. The summed E-state index contributed by atoms with van der Waals surface area (Å²) in [6.45, 7) is 3.66. The normalized spacial score (nSPS) is 12.1. The molecule has 37 heavy (non-hydrogen) atoms. The summed E-state index contributed by atoms with van der Waals surface area (Å²) in [4.78, 5) is 52.7. The minimum atomic E-state index is -2.11. The lowest BCUT2D eigenvalue weighted by Crippen LogP contribution is -2.48. The highest BCUT2D eigenvalue weighted by atomic mass is 16.6. The molecule has 0 aliphatic rings. The third-order valence-corrected chi connectivity index (χ3v) is 5.47. The van der Waals surface area contributed by atoms with Gasteiger partial charge in [0.25, 0.3) is 5.91 Å². The summed E-state index contributed by atoms with van der Waals surface area (Å²) in [6.07, 6.45) is -4.08. The van der Waals surface area contributed by atoms with E-state index in [0.29, 0.717) is 5.69 Å². The first kappa shape index (κ1) is 26.9. The number of esters is 2. The molecule has 0 unspecified atom stereocenters. The van der Waals surface area contributed by atoms with Crippen molar-refractivity contribution in [1.29, 1.82) is 0 Å². The summed E-state index contributed by atoms with van der Waals surface area (Å²) in [5.74, 6) is -4.55. The van der Waals surface area contributed by atoms with Gasteiger partial charge in [-0.1, -0.05) is 35.4 Å². The van der Waals surface area contributed by atoms with Crippen LogP contribution in [0.1, 0.15) is 31.8 Å². The first-order chi connectivity index (χ1) is 17.5. The van der Waals surface area contributed by atoms with E-state index in [2.05, 4.69) is 5.32 Å². The van der Waals surface area contributed by atoms with Gasteiger partial charge in [-0.05, 0) is 62.4 Å². The molecule has 2 N–H and O–H groups in total. The summed E-state index contributed by atoms with van der Waals surface area (Å²) in [7, 11) is 3.71. The van der Waals surface area contributed by atoms with Crippen molar-refractivity contribution in [3.63, 3.8) is 0 Å². The second-order valence-corrected chi connectivity index (χ2v) is 8.65. The highest BCUT2D eigenvalue weighted by molar-refractivity contribution is 6.01. The van der Waals surface area contributed by atoms with Gasteiger partial charge in [-0.15, -0.1) is 0 Å². The molecular weight excluding hydrogens is 476 g/mol. The number of aliphatic carboxylic acids is 1. The molecule has 0 aromatic heterocycles. The Hall–Kier alpha value is -4.66. The van der Waals surface area contributed by atoms with Crippen LogP contribution in [-0.4, -0.2) is 55.2 Å². The summed E-state index contributed by atoms with van der Waals surface area (Å²) in [5, 5.41) is 12.4. The van der Waals surface area contributed by atoms with Crippen LogP contribution in [0.25, 0.3) is 0 Å². The number of carboxylic acids is 1. The fourth-order valence-electron chi connectivity index (χ4n) is 3.30. The van der Waals surface area contributed by atoms with Crippen LogP contribution in [0.5, 0.6) is 0 Å². The van der Waals surface area contributed by atoms with Gasteiger partial charge in [-0.2, -0.15) is 0 Å². The fourth-order valence-corrected chi connectivity index (χ4v) is 3.30. The van der Waals surface area contributed by atoms with Gasteiger partial charge in [0.15, 0.2) is 0 Å². The zero-order chi connectivity index (χ0) is 27.1. The quantitative estimate of drug-likeness (QED) is 0.422. The van der Waals surface area contributed by atoms with Gasteiger partial charge in [-0.3, -0.25) is 4.79 Å². The lowest BCUT2D eigenvalue weighted by molar-refractivity contribution is -0.157. The number of aryl methyl sites for hydroxylation is 2. The molecule has 0 saturated carbocycles. The van der Waals surface area contributed by atoms with Crippen LogP contribution in [-0.2, 0) is 19.1 Å². The van der Waals surface area contributed by atoms with E-state index < -0.39 is 36.0 Å². The van der Waals surface area contributed by atoms with Gasteiger partial charge in [0.05, 0.1) is 11.1 Å². The zero-order valence-electron chi connectivity index (χ0n) is 20.9. The van der Waals surface area contributed by atoms with E-state index >= 15 is 0 Å². The van der Waals surface area contributed by atoms with Crippen LogP contribution >= 0.6 is 0 Å². The molecular formula is C28H28N2O7. The number of nitrogens with zero attached hydrogens (tertiary/aromatic N) is 1. The molecule has 0 radical (unpaired) electrons. The molecule has 9 heteroatoms. The molecule has 2 atom stereocenters. The Kier molecular flexibility index (Phi) is 8.63. The first-order valence-electron chi connectivity index (χ1n) is 11.4. The van der Waals surface area contributed by atoms with Gasteiger partial charge >= 0.3 is 17.9 Å². The number of rotatable bonds is 9. The molecule has 0 aliphatic heterocycles. The predicted octanol–water partition coefficient (Wildman–Crippen LogP) is 3.84. The maximum absolute atomic E-state index is 13.2. The molecule has 3 aromatic carbocycles. The molecule has 0 spiro atoms. The Morgan fingerprint density at radius 3 is 1.54 bits per heavy atom. The molecule has 0 bridgehead atoms. The monoisotopic (exact) mass is 504 g/mol. The average Bonchev–Trinajstić information content (AvgIpc) is 2.86. The molecule has 3 rings (SSSR count). The number of carbonyl (C=O) groups excluding carboxylic acids is 3. The summed E-state index contributed by atoms with van der Waals surface area (Å²) >= 11 is 0. The van der Waals surface area contributed by atoms with Crippen molar-refractivity contribution >= 4 is 35.2 Å². The molecule has 0 fully saturated rings. The van der Waals surface area contributed by atoms with Gasteiger partial charge in [0.2, 0.25) is 12.2 Å².